The van der Waals surface area contributed by atoms with Crippen LogP contribution in [0.1, 0.15) is 45.2 Å². The molecule has 0 spiro atoms. The van der Waals surface area contributed by atoms with Crippen molar-refractivity contribution in [3.63, 3.8) is 0 Å². The molecular weight excluding hydrogens is 705 g/mol. The number of hydrogen-bond donors (Lipinski definition) is 3. The molecular formula is C37H49F3N2O11. The molecule has 2 heterocycles. The lowest BCUT2D eigenvalue weighted by molar-refractivity contribution is -0.339. The molecule has 16 heteroatoms. The number of rotatable bonds is 17. The highest BCUT2D eigenvalue weighted by Gasteiger charge is 2.51. The number of halogens is 3. The minimum absolute atomic E-state index is 0.0156. The number of alkyl halides is 3. The number of nitrogens with one attached hydrogen (secondary N) is 2. The van der Waals surface area contributed by atoms with Crippen LogP contribution >= 0.6 is 0 Å². The number of aliphatic hydroxyl groups is 1. The van der Waals surface area contributed by atoms with Gasteiger partial charge in [0.05, 0.1) is 51.3 Å². The Kier molecular flexibility index (Phi) is 16.0. The third-order valence-electron chi connectivity index (χ3n) is 8.99. The van der Waals surface area contributed by atoms with Gasteiger partial charge in [-0.2, -0.15) is 13.2 Å². The van der Waals surface area contributed by atoms with Crippen LogP contribution in [0, 0.1) is 11.8 Å². The number of hydrogen-bond acceptors (Lipinski definition) is 11. The first-order valence-electron chi connectivity index (χ1n) is 17.5. The quantitative estimate of drug-likeness (QED) is 0.161. The van der Waals surface area contributed by atoms with Crippen LogP contribution in [0.4, 0.5) is 13.2 Å². The fraction of sp³-hybridized carbons (Fsp3) is 0.595. The first kappa shape index (κ1) is 42.1. The zero-order chi connectivity index (χ0) is 38.5. The normalized spacial score (nSPS) is 28.9. The van der Waals surface area contributed by atoms with Gasteiger partial charge in [0.15, 0.2) is 18.7 Å². The van der Waals surface area contributed by atoms with Crippen LogP contribution in [0.15, 0.2) is 60.7 Å². The van der Waals surface area contributed by atoms with Crippen LogP contribution in [0.5, 0.6) is 0 Å². The summed E-state index contributed by atoms with van der Waals surface area (Å²) in [5.74, 6) is -4.25. The number of ether oxygens (including phenoxy) is 7. The molecule has 0 aromatic heterocycles. The Bertz CT molecular complexity index is 1440. The molecule has 0 bridgehead atoms. The number of carbonyl (C=O) groups excluding carboxylic acids is 3. The monoisotopic (exact) mass is 754 g/mol. The van der Waals surface area contributed by atoms with E-state index in [1.807, 2.05) is 60.7 Å². The van der Waals surface area contributed by atoms with Gasteiger partial charge in [-0.25, -0.2) is 0 Å². The summed E-state index contributed by atoms with van der Waals surface area (Å²) < 4.78 is 80.6. The molecule has 53 heavy (non-hydrogen) atoms. The van der Waals surface area contributed by atoms with Crippen molar-refractivity contribution in [1.29, 1.82) is 0 Å². The van der Waals surface area contributed by atoms with Crippen molar-refractivity contribution in [1.82, 2.24) is 10.6 Å². The van der Waals surface area contributed by atoms with Gasteiger partial charge in [-0.15, -0.1) is 0 Å². The number of aliphatic hydroxyl groups excluding tert-OH is 1. The summed E-state index contributed by atoms with van der Waals surface area (Å²) in [6, 6.07) is 18.1. The third-order valence-corrected chi connectivity index (χ3v) is 8.99. The second kappa shape index (κ2) is 20.2. The van der Waals surface area contributed by atoms with Gasteiger partial charge in [0.25, 0.3) is 0 Å². The van der Waals surface area contributed by atoms with E-state index in [0.29, 0.717) is 6.61 Å². The molecule has 294 valence electrons. The van der Waals surface area contributed by atoms with Gasteiger partial charge < -0.3 is 48.9 Å². The highest BCUT2D eigenvalue weighted by molar-refractivity contribution is 5.81. The molecule has 2 aliphatic rings. The summed E-state index contributed by atoms with van der Waals surface area (Å²) in [6.45, 7) is 6.18. The van der Waals surface area contributed by atoms with Crippen LogP contribution in [0.2, 0.25) is 0 Å². The molecule has 10 atom stereocenters. The Morgan fingerprint density at radius 1 is 0.811 bits per heavy atom. The Hall–Kier alpha value is -3.64. The van der Waals surface area contributed by atoms with E-state index in [-0.39, 0.29) is 39.4 Å². The lowest BCUT2D eigenvalue weighted by Crippen LogP contribution is -2.64. The molecule has 0 saturated carbocycles. The van der Waals surface area contributed by atoms with Crippen molar-refractivity contribution < 1.29 is 65.8 Å². The molecule has 0 aliphatic carbocycles. The zero-order valence-electron chi connectivity index (χ0n) is 30.2. The molecule has 2 aliphatic heterocycles. The van der Waals surface area contributed by atoms with E-state index in [1.165, 1.54) is 13.8 Å². The predicted octanol–water partition coefficient (Wildman–Crippen LogP) is 3.41. The van der Waals surface area contributed by atoms with Gasteiger partial charge in [0, 0.05) is 32.2 Å². The van der Waals surface area contributed by atoms with Crippen molar-refractivity contribution in [2.75, 3.05) is 26.4 Å². The van der Waals surface area contributed by atoms with Crippen molar-refractivity contribution >= 4 is 17.8 Å². The molecule has 2 aromatic carbocycles. The topological polar surface area (TPSA) is 160 Å². The van der Waals surface area contributed by atoms with Crippen molar-refractivity contribution in [2.45, 2.75) is 103 Å². The number of amides is 2. The molecule has 3 N–H and O–H groups in total. The van der Waals surface area contributed by atoms with E-state index < -0.39 is 84.9 Å². The lowest BCUT2D eigenvalue weighted by atomic mass is 9.87. The van der Waals surface area contributed by atoms with Crippen molar-refractivity contribution in [2.24, 2.45) is 11.8 Å². The smallest absolute Gasteiger partial charge is 0.454 e. The minimum atomic E-state index is -5.01. The van der Waals surface area contributed by atoms with E-state index in [0.717, 1.165) is 11.1 Å². The zero-order valence-corrected chi connectivity index (χ0v) is 30.2. The molecule has 2 aromatic rings. The molecule has 13 nitrogen and oxygen atoms in total. The summed E-state index contributed by atoms with van der Waals surface area (Å²) in [5, 5.41) is 16.0. The Morgan fingerprint density at radius 3 is 1.92 bits per heavy atom. The first-order chi connectivity index (χ1) is 25.2. The molecule has 2 fully saturated rings. The maximum Gasteiger partial charge on any atom is 0.471 e. The Morgan fingerprint density at radius 2 is 1.38 bits per heavy atom. The standard InChI is InChI=1S/C37H49F3N2O11/c1-22-28(20-47-18-26-12-7-5-8-13-26)51-35(33(31(22)45)50-25(4)44)53-32-23(2)30(42-24(3)43)34(49-17-11-16-41-36(46)37(38,39)40)52-29(32)21-48-19-27-14-9-6-10-15-27/h5-10,12-15,22-23,28-35,45H,11,16-21H2,1-4H3,(H,41,46)(H,42,43)/t22-,23+,28?,29?,30?,31-,32-,33?,34+,35-/m0/s1. The number of carbonyl (C=O) groups is 3. The molecule has 0 radical (unpaired) electrons. The fourth-order valence-electron chi connectivity index (χ4n) is 6.18. The second-order valence-electron chi connectivity index (χ2n) is 13.2. The van der Waals surface area contributed by atoms with Gasteiger partial charge >= 0.3 is 18.1 Å². The van der Waals surface area contributed by atoms with E-state index in [1.54, 1.807) is 19.2 Å². The van der Waals surface area contributed by atoms with Gasteiger partial charge in [-0.1, -0.05) is 74.5 Å². The van der Waals surface area contributed by atoms with Crippen molar-refractivity contribution in [3.8, 4) is 0 Å². The van der Waals surface area contributed by atoms with Crippen molar-refractivity contribution in [3.05, 3.63) is 71.8 Å². The lowest BCUT2D eigenvalue weighted by Gasteiger charge is -2.49. The first-order valence-corrected chi connectivity index (χ1v) is 17.5. The van der Waals surface area contributed by atoms with Crippen LogP contribution in [0.3, 0.4) is 0 Å². The number of esters is 1. The van der Waals surface area contributed by atoms with E-state index in [9.17, 15) is 32.7 Å². The van der Waals surface area contributed by atoms with Crippen LogP contribution in [0.25, 0.3) is 0 Å². The molecule has 2 amide bonds. The predicted molar refractivity (Wildman–Crippen MR) is 182 cm³/mol. The summed E-state index contributed by atoms with van der Waals surface area (Å²) in [5.41, 5.74) is 1.83. The van der Waals surface area contributed by atoms with Gasteiger partial charge in [0.1, 0.15) is 12.2 Å². The van der Waals surface area contributed by atoms with Crippen LogP contribution in [-0.4, -0.2) is 105 Å². The highest BCUT2D eigenvalue weighted by Crippen LogP contribution is 2.35. The third kappa shape index (κ3) is 12.7. The summed E-state index contributed by atoms with van der Waals surface area (Å²) in [4.78, 5) is 35.8. The number of benzene rings is 2. The summed E-state index contributed by atoms with van der Waals surface area (Å²) in [7, 11) is 0. The average molecular weight is 755 g/mol. The average Bonchev–Trinajstić information content (AvgIpc) is 3.11. The van der Waals surface area contributed by atoms with E-state index >= 15 is 0 Å². The highest BCUT2D eigenvalue weighted by atomic mass is 19.4. The maximum atomic E-state index is 12.6. The Labute approximate surface area is 306 Å². The SMILES string of the molecule is CC(=O)NC1[C@H](OCCCNC(=O)C(F)(F)F)OC(COCc2ccccc2)[C@@H](O[C@@H]2OC(COCc3ccccc3)[C@H](C)[C@H](O)C2OC(C)=O)[C@@H]1C. The second-order valence-corrected chi connectivity index (χ2v) is 13.2. The molecule has 2 saturated heterocycles. The van der Waals surface area contributed by atoms with Gasteiger partial charge in [-0.3, -0.25) is 14.4 Å². The molecule has 4 rings (SSSR count). The van der Waals surface area contributed by atoms with Crippen LogP contribution in [-0.2, 0) is 60.8 Å². The van der Waals surface area contributed by atoms with E-state index in [4.69, 9.17) is 33.2 Å². The maximum absolute atomic E-state index is 12.6. The Balaban J connectivity index is 1.53. The minimum Gasteiger partial charge on any atom is -0.454 e. The molecule has 4 unspecified atom stereocenters. The van der Waals surface area contributed by atoms with E-state index in [2.05, 4.69) is 5.32 Å². The van der Waals surface area contributed by atoms with Gasteiger partial charge in [-0.05, 0) is 17.5 Å². The summed E-state index contributed by atoms with van der Waals surface area (Å²) in [6.07, 6.45) is -12.3. The largest absolute Gasteiger partial charge is 0.471 e. The van der Waals surface area contributed by atoms with Crippen LogP contribution < -0.4 is 10.6 Å². The van der Waals surface area contributed by atoms with Gasteiger partial charge in [0.2, 0.25) is 5.91 Å². The fourth-order valence-corrected chi connectivity index (χ4v) is 6.18. The summed E-state index contributed by atoms with van der Waals surface area (Å²) >= 11 is 0.